The summed E-state index contributed by atoms with van der Waals surface area (Å²) in [5.41, 5.74) is 3.10. The van der Waals surface area contributed by atoms with Crippen LogP contribution in [0.5, 0.6) is 5.75 Å². The third-order valence-electron chi connectivity index (χ3n) is 4.28. The van der Waals surface area contributed by atoms with Gasteiger partial charge in [0.15, 0.2) is 6.61 Å². The normalized spacial score (nSPS) is 13.7. The maximum atomic E-state index is 12.4. The number of urea groups is 1. The number of carbonyl (C=O) groups is 2. The number of thiazole rings is 1. The number of carbonyl (C=O) groups excluding carboxylic acids is 2. The second-order valence-corrected chi connectivity index (χ2v) is 7.23. The van der Waals surface area contributed by atoms with Gasteiger partial charge in [0.1, 0.15) is 10.8 Å². The summed E-state index contributed by atoms with van der Waals surface area (Å²) in [4.78, 5) is 28.2. The van der Waals surface area contributed by atoms with E-state index in [-0.39, 0.29) is 24.6 Å². The van der Waals surface area contributed by atoms with Crippen molar-refractivity contribution in [1.29, 1.82) is 0 Å². The summed E-state index contributed by atoms with van der Waals surface area (Å²) in [6, 6.07) is 12.4. The summed E-state index contributed by atoms with van der Waals surface area (Å²) < 4.78 is 5.36. The highest BCUT2D eigenvalue weighted by Crippen LogP contribution is 2.30. The molecule has 0 spiro atoms. The van der Waals surface area contributed by atoms with Crippen molar-refractivity contribution in [1.82, 2.24) is 10.3 Å². The molecule has 142 valence electrons. The second kappa shape index (κ2) is 7.69. The second-order valence-electron chi connectivity index (χ2n) is 6.33. The van der Waals surface area contributed by atoms with Gasteiger partial charge >= 0.3 is 6.03 Å². The molecule has 8 heteroatoms. The van der Waals surface area contributed by atoms with Gasteiger partial charge in [0.2, 0.25) is 0 Å². The minimum atomic E-state index is -0.318. The van der Waals surface area contributed by atoms with Crippen LogP contribution in [-0.4, -0.2) is 23.5 Å². The van der Waals surface area contributed by atoms with E-state index in [1.165, 1.54) is 0 Å². The fourth-order valence-corrected chi connectivity index (χ4v) is 3.55. The molecule has 1 atom stereocenters. The Morgan fingerprint density at radius 2 is 2.18 bits per heavy atom. The number of fused-ring (bicyclic) bond motifs is 1. The van der Waals surface area contributed by atoms with Crippen LogP contribution in [0.1, 0.15) is 18.5 Å². The van der Waals surface area contributed by atoms with Crippen molar-refractivity contribution in [2.75, 3.05) is 17.2 Å². The van der Waals surface area contributed by atoms with E-state index in [9.17, 15) is 9.59 Å². The largest absolute Gasteiger partial charge is 0.482 e. The van der Waals surface area contributed by atoms with E-state index in [4.69, 9.17) is 4.74 Å². The first kappa shape index (κ1) is 18.0. The van der Waals surface area contributed by atoms with Crippen molar-refractivity contribution < 1.29 is 14.3 Å². The van der Waals surface area contributed by atoms with Crippen LogP contribution in [0.4, 0.5) is 16.2 Å². The zero-order valence-corrected chi connectivity index (χ0v) is 15.9. The molecule has 0 fully saturated rings. The Balaban J connectivity index is 1.42. The molecule has 1 aliphatic heterocycles. The number of hydrogen-bond acceptors (Lipinski definition) is 5. The summed E-state index contributed by atoms with van der Waals surface area (Å²) in [5, 5.41) is 11.3. The molecule has 1 aliphatic rings. The van der Waals surface area contributed by atoms with Crippen molar-refractivity contribution in [2.24, 2.45) is 0 Å². The Bertz CT molecular complexity index is 1020. The van der Waals surface area contributed by atoms with Gasteiger partial charge in [-0.3, -0.25) is 4.79 Å². The molecule has 0 saturated heterocycles. The van der Waals surface area contributed by atoms with Crippen LogP contribution in [-0.2, 0) is 4.79 Å². The highest BCUT2D eigenvalue weighted by molar-refractivity contribution is 7.13. The molecule has 0 bridgehead atoms. The Labute approximate surface area is 165 Å². The summed E-state index contributed by atoms with van der Waals surface area (Å²) in [5.74, 6) is 0.433. The molecule has 28 heavy (non-hydrogen) atoms. The zero-order chi connectivity index (χ0) is 19.5. The van der Waals surface area contributed by atoms with Crippen molar-refractivity contribution in [2.45, 2.75) is 13.0 Å². The number of anilines is 2. The highest BCUT2D eigenvalue weighted by Gasteiger charge is 2.18. The van der Waals surface area contributed by atoms with E-state index in [2.05, 4.69) is 20.9 Å². The highest BCUT2D eigenvalue weighted by atomic mass is 32.1. The van der Waals surface area contributed by atoms with Crippen LogP contribution in [0.25, 0.3) is 10.6 Å². The van der Waals surface area contributed by atoms with Crippen molar-refractivity contribution >= 4 is 34.6 Å². The van der Waals surface area contributed by atoms with Crippen LogP contribution < -0.4 is 20.7 Å². The predicted octanol–water partition coefficient (Wildman–Crippen LogP) is 4.02. The quantitative estimate of drug-likeness (QED) is 0.623. The average molecular weight is 394 g/mol. The topological polar surface area (TPSA) is 92.4 Å². The van der Waals surface area contributed by atoms with Crippen LogP contribution >= 0.6 is 11.3 Å². The smallest absolute Gasteiger partial charge is 0.319 e. The lowest BCUT2D eigenvalue weighted by Gasteiger charge is -2.21. The number of rotatable bonds is 4. The van der Waals surface area contributed by atoms with Gasteiger partial charge in [0, 0.05) is 22.8 Å². The first-order chi connectivity index (χ1) is 13.6. The maximum Gasteiger partial charge on any atom is 0.319 e. The van der Waals surface area contributed by atoms with Crippen molar-refractivity contribution in [3.05, 3.63) is 59.6 Å². The number of nitrogens with one attached hydrogen (secondary N) is 3. The van der Waals surface area contributed by atoms with E-state index in [1.54, 1.807) is 29.7 Å². The summed E-state index contributed by atoms with van der Waals surface area (Å²) >= 11 is 1.54. The van der Waals surface area contributed by atoms with Gasteiger partial charge in [-0.15, -0.1) is 11.3 Å². The van der Waals surface area contributed by atoms with E-state index >= 15 is 0 Å². The summed E-state index contributed by atoms with van der Waals surface area (Å²) in [7, 11) is 0. The lowest BCUT2D eigenvalue weighted by atomic mass is 10.1. The number of ether oxygens (including phenoxy) is 1. The Morgan fingerprint density at radius 1 is 1.29 bits per heavy atom. The van der Waals surface area contributed by atoms with Gasteiger partial charge in [-0.25, -0.2) is 9.78 Å². The van der Waals surface area contributed by atoms with Crippen LogP contribution in [0, 0.1) is 0 Å². The van der Waals surface area contributed by atoms with Gasteiger partial charge in [0.05, 0.1) is 11.7 Å². The van der Waals surface area contributed by atoms with E-state index in [0.29, 0.717) is 17.1 Å². The van der Waals surface area contributed by atoms with Crippen LogP contribution in [0.2, 0.25) is 0 Å². The van der Waals surface area contributed by atoms with Crippen molar-refractivity contribution in [3.8, 4) is 16.3 Å². The Hall–Kier alpha value is -3.39. The van der Waals surface area contributed by atoms with Crippen molar-refractivity contribution in [3.63, 3.8) is 0 Å². The minimum absolute atomic E-state index is 0.0165. The third kappa shape index (κ3) is 3.96. The number of aromatic nitrogens is 1. The Morgan fingerprint density at radius 3 is 3.00 bits per heavy atom. The first-order valence-electron chi connectivity index (χ1n) is 8.72. The van der Waals surface area contributed by atoms with E-state index in [0.717, 1.165) is 16.1 Å². The standard InChI is InChI=1S/C20H18N4O3S/c1-12(13-5-6-17-16(10-13)24-18(25)11-27-17)22-20(26)23-15-4-2-3-14(9-15)19-21-7-8-28-19/h2-10,12H,11H2,1H3,(H,24,25)(H2,22,23,26). The van der Waals surface area contributed by atoms with Crippen LogP contribution in [0.3, 0.4) is 0 Å². The van der Waals surface area contributed by atoms with Crippen LogP contribution in [0.15, 0.2) is 54.0 Å². The first-order valence-corrected chi connectivity index (χ1v) is 9.60. The molecule has 0 saturated carbocycles. The third-order valence-corrected chi connectivity index (χ3v) is 5.11. The van der Waals surface area contributed by atoms with Gasteiger partial charge in [-0.1, -0.05) is 18.2 Å². The lowest BCUT2D eigenvalue weighted by molar-refractivity contribution is -0.118. The average Bonchev–Trinajstić information content (AvgIpc) is 3.22. The summed E-state index contributed by atoms with van der Waals surface area (Å²) in [6.07, 6.45) is 1.75. The maximum absolute atomic E-state index is 12.4. The van der Waals surface area contributed by atoms with Gasteiger partial charge in [0.25, 0.3) is 5.91 Å². The monoisotopic (exact) mass is 394 g/mol. The number of nitrogens with zero attached hydrogens (tertiary/aromatic N) is 1. The summed E-state index contributed by atoms with van der Waals surface area (Å²) in [6.45, 7) is 1.89. The molecule has 1 aromatic heterocycles. The molecule has 0 radical (unpaired) electrons. The molecule has 4 rings (SSSR count). The SMILES string of the molecule is CC(NC(=O)Nc1cccc(-c2nccs2)c1)c1ccc2c(c1)NC(=O)CO2. The molecule has 1 unspecified atom stereocenters. The lowest BCUT2D eigenvalue weighted by Crippen LogP contribution is -2.31. The van der Waals surface area contributed by atoms with E-state index < -0.39 is 0 Å². The number of benzene rings is 2. The zero-order valence-electron chi connectivity index (χ0n) is 15.1. The molecule has 7 nitrogen and oxygen atoms in total. The van der Waals surface area contributed by atoms with Gasteiger partial charge in [-0.05, 0) is 36.8 Å². The molecule has 3 amide bonds. The Kier molecular flexibility index (Phi) is 4.94. The molecule has 3 N–H and O–H groups in total. The molecule has 0 aliphatic carbocycles. The fourth-order valence-electron chi connectivity index (χ4n) is 2.91. The number of hydrogen-bond donors (Lipinski definition) is 3. The van der Waals surface area contributed by atoms with E-state index in [1.807, 2.05) is 42.6 Å². The van der Waals surface area contributed by atoms with Gasteiger partial charge in [-0.2, -0.15) is 0 Å². The molecular formula is C20H18N4O3S. The van der Waals surface area contributed by atoms with Gasteiger partial charge < -0.3 is 20.7 Å². The fraction of sp³-hybridized carbons (Fsp3) is 0.150. The molecule has 3 aromatic rings. The molecule has 2 heterocycles. The predicted molar refractivity (Wildman–Crippen MR) is 109 cm³/mol. The molecular weight excluding hydrogens is 376 g/mol. The number of amides is 3. The molecule has 2 aromatic carbocycles. The minimum Gasteiger partial charge on any atom is -0.482 e.